The summed E-state index contributed by atoms with van der Waals surface area (Å²) in [6.45, 7) is 1.46. The zero-order chi connectivity index (χ0) is 12.3. The molecule has 0 saturated heterocycles. The lowest BCUT2D eigenvalue weighted by atomic mass is 10.2. The fraction of sp³-hybridized carbons (Fsp3) is 0.167. The van der Waals surface area contributed by atoms with Crippen LogP contribution in [-0.2, 0) is 4.79 Å². The summed E-state index contributed by atoms with van der Waals surface area (Å²) in [5.41, 5.74) is 1.01. The largest absolute Gasteiger partial charge is 0.497 e. The first-order valence-electron chi connectivity index (χ1n) is 5.06. The predicted octanol–water partition coefficient (Wildman–Crippen LogP) is 2.78. The Labute approximate surface area is 103 Å². The van der Waals surface area contributed by atoms with Crippen LogP contribution in [0, 0.1) is 0 Å². The fourth-order valence-corrected chi connectivity index (χ4v) is 2.14. The van der Waals surface area contributed by atoms with Gasteiger partial charge in [-0.1, -0.05) is 0 Å². The van der Waals surface area contributed by atoms with E-state index in [0.29, 0.717) is 5.82 Å². The number of hydrogen-bond donors (Lipinski definition) is 1. The Hall–Kier alpha value is -1.88. The Balaban J connectivity index is 2.21. The van der Waals surface area contributed by atoms with Crippen molar-refractivity contribution in [3.8, 4) is 16.3 Å². The van der Waals surface area contributed by atoms with Gasteiger partial charge in [0.2, 0.25) is 5.91 Å². The predicted molar refractivity (Wildman–Crippen MR) is 68.4 cm³/mol. The van der Waals surface area contributed by atoms with E-state index in [2.05, 4.69) is 10.3 Å². The molecular formula is C12H12N2O2S. The van der Waals surface area contributed by atoms with Crippen LogP contribution in [0.4, 0.5) is 5.82 Å². The molecule has 0 saturated carbocycles. The number of anilines is 1. The highest BCUT2D eigenvalue weighted by atomic mass is 32.1. The molecule has 0 aliphatic carbocycles. The first-order chi connectivity index (χ1) is 8.19. The van der Waals surface area contributed by atoms with Crippen LogP contribution in [0.15, 0.2) is 29.6 Å². The maximum Gasteiger partial charge on any atom is 0.222 e. The molecule has 0 fully saturated rings. The lowest BCUT2D eigenvalue weighted by Gasteiger charge is -2.00. The molecule has 0 atom stereocenters. The lowest BCUT2D eigenvalue weighted by molar-refractivity contribution is -0.114. The smallest absolute Gasteiger partial charge is 0.222 e. The second-order valence-electron chi connectivity index (χ2n) is 3.45. The SMILES string of the molecule is COc1ccc(-c2nc(NC(C)=O)cs2)cc1. The van der Waals surface area contributed by atoms with E-state index in [4.69, 9.17) is 4.74 Å². The quantitative estimate of drug-likeness (QED) is 0.908. The summed E-state index contributed by atoms with van der Waals surface area (Å²) in [5, 5.41) is 5.35. The molecule has 1 N–H and O–H groups in total. The summed E-state index contributed by atoms with van der Waals surface area (Å²) in [5.74, 6) is 1.29. The monoisotopic (exact) mass is 248 g/mol. The molecule has 88 valence electrons. The van der Waals surface area contributed by atoms with Crippen LogP contribution in [-0.4, -0.2) is 18.0 Å². The molecule has 1 heterocycles. The van der Waals surface area contributed by atoms with E-state index in [1.807, 2.05) is 29.6 Å². The first kappa shape index (κ1) is 11.6. The first-order valence-corrected chi connectivity index (χ1v) is 5.94. The van der Waals surface area contributed by atoms with E-state index in [-0.39, 0.29) is 5.91 Å². The van der Waals surface area contributed by atoms with Crippen LogP contribution in [0.3, 0.4) is 0 Å². The third kappa shape index (κ3) is 2.82. The molecule has 5 heteroatoms. The highest BCUT2D eigenvalue weighted by Crippen LogP contribution is 2.27. The minimum Gasteiger partial charge on any atom is -0.497 e. The van der Waals surface area contributed by atoms with Gasteiger partial charge in [-0.15, -0.1) is 11.3 Å². The number of amides is 1. The number of aromatic nitrogens is 1. The number of thiazole rings is 1. The van der Waals surface area contributed by atoms with E-state index < -0.39 is 0 Å². The summed E-state index contributed by atoms with van der Waals surface area (Å²) < 4.78 is 5.09. The van der Waals surface area contributed by atoms with E-state index >= 15 is 0 Å². The van der Waals surface area contributed by atoms with Crippen LogP contribution in [0.2, 0.25) is 0 Å². The zero-order valence-corrected chi connectivity index (χ0v) is 10.4. The summed E-state index contributed by atoms with van der Waals surface area (Å²) >= 11 is 1.49. The van der Waals surface area contributed by atoms with Crippen molar-refractivity contribution in [1.82, 2.24) is 4.98 Å². The molecule has 0 aliphatic heterocycles. The number of carbonyl (C=O) groups excluding carboxylic acids is 1. The maximum absolute atomic E-state index is 10.9. The summed E-state index contributed by atoms with van der Waals surface area (Å²) in [6.07, 6.45) is 0. The Morgan fingerprint density at radius 2 is 2.06 bits per heavy atom. The molecule has 2 aromatic rings. The van der Waals surface area contributed by atoms with Crippen LogP contribution in [0.5, 0.6) is 5.75 Å². The van der Waals surface area contributed by atoms with Crippen LogP contribution < -0.4 is 10.1 Å². The molecule has 1 aromatic carbocycles. The number of nitrogens with one attached hydrogen (secondary N) is 1. The van der Waals surface area contributed by atoms with E-state index in [0.717, 1.165) is 16.3 Å². The van der Waals surface area contributed by atoms with Gasteiger partial charge in [-0.25, -0.2) is 4.98 Å². The van der Waals surface area contributed by atoms with Crippen molar-refractivity contribution in [3.05, 3.63) is 29.6 Å². The van der Waals surface area contributed by atoms with Gasteiger partial charge in [0, 0.05) is 17.9 Å². The topological polar surface area (TPSA) is 51.2 Å². The lowest BCUT2D eigenvalue weighted by Crippen LogP contribution is -2.05. The van der Waals surface area contributed by atoms with Gasteiger partial charge in [0.05, 0.1) is 7.11 Å². The van der Waals surface area contributed by atoms with E-state index in [9.17, 15) is 4.79 Å². The molecule has 1 aromatic heterocycles. The minimum absolute atomic E-state index is 0.114. The standard InChI is InChI=1S/C12H12N2O2S/c1-8(15)13-11-7-17-12(14-11)9-3-5-10(16-2)6-4-9/h3-7H,1-2H3,(H,13,15). The molecular weight excluding hydrogens is 236 g/mol. The summed E-state index contributed by atoms with van der Waals surface area (Å²) in [6, 6.07) is 7.65. The van der Waals surface area contributed by atoms with Crippen LogP contribution >= 0.6 is 11.3 Å². The average molecular weight is 248 g/mol. The van der Waals surface area contributed by atoms with Crippen molar-refractivity contribution in [2.75, 3.05) is 12.4 Å². The summed E-state index contributed by atoms with van der Waals surface area (Å²) in [7, 11) is 1.63. The molecule has 0 spiro atoms. The Bertz CT molecular complexity index is 520. The fourth-order valence-electron chi connectivity index (χ4n) is 1.38. The Morgan fingerprint density at radius 3 is 2.65 bits per heavy atom. The van der Waals surface area contributed by atoms with Crippen LogP contribution in [0.25, 0.3) is 10.6 Å². The van der Waals surface area contributed by atoms with Gasteiger partial charge in [-0.3, -0.25) is 4.79 Å². The van der Waals surface area contributed by atoms with Gasteiger partial charge in [-0.2, -0.15) is 0 Å². The van der Waals surface area contributed by atoms with Gasteiger partial charge in [0.25, 0.3) is 0 Å². The minimum atomic E-state index is -0.114. The van der Waals surface area contributed by atoms with Gasteiger partial charge in [-0.05, 0) is 24.3 Å². The molecule has 0 bridgehead atoms. The highest BCUT2D eigenvalue weighted by Gasteiger charge is 2.05. The molecule has 4 nitrogen and oxygen atoms in total. The van der Waals surface area contributed by atoms with Crippen molar-refractivity contribution in [1.29, 1.82) is 0 Å². The number of benzene rings is 1. The number of nitrogens with zero attached hydrogens (tertiary/aromatic N) is 1. The molecule has 17 heavy (non-hydrogen) atoms. The second kappa shape index (κ2) is 4.97. The number of methoxy groups -OCH3 is 1. The van der Waals surface area contributed by atoms with Crippen molar-refractivity contribution >= 4 is 23.1 Å². The zero-order valence-electron chi connectivity index (χ0n) is 9.56. The van der Waals surface area contributed by atoms with Crippen molar-refractivity contribution in [3.63, 3.8) is 0 Å². The molecule has 2 rings (SSSR count). The maximum atomic E-state index is 10.9. The van der Waals surface area contributed by atoms with Gasteiger partial charge in [0.15, 0.2) is 0 Å². The Kier molecular flexibility index (Phi) is 3.39. The average Bonchev–Trinajstić information content (AvgIpc) is 2.77. The third-order valence-electron chi connectivity index (χ3n) is 2.15. The molecule has 0 aliphatic rings. The highest BCUT2D eigenvalue weighted by molar-refractivity contribution is 7.13. The van der Waals surface area contributed by atoms with Gasteiger partial charge in [0.1, 0.15) is 16.6 Å². The van der Waals surface area contributed by atoms with Crippen molar-refractivity contribution in [2.45, 2.75) is 6.92 Å². The molecule has 1 amide bonds. The summed E-state index contributed by atoms with van der Waals surface area (Å²) in [4.78, 5) is 15.2. The van der Waals surface area contributed by atoms with Crippen LogP contribution in [0.1, 0.15) is 6.92 Å². The van der Waals surface area contributed by atoms with E-state index in [1.165, 1.54) is 18.3 Å². The van der Waals surface area contributed by atoms with Gasteiger partial charge < -0.3 is 10.1 Å². The number of rotatable bonds is 3. The second-order valence-corrected chi connectivity index (χ2v) is 4.31. The van der Waals surface area contributed by atoms with E-state index in [1.54, 1.807) is 7.11 Å². The Morgan fingerprint density at radius 1 is 1.35 bits per heavy atom. The normalized spacial score (nSPS) is 10.0. The molecule has 0 unspecified atom stereocenters. The van der Waals surface area contributed by atoms with Gasteiger partial charge >= 0.3 is 0 Å². The number of carbonyl (C=O) groups is 1. The van der Waals surface area contributed by atoms with Crippen molar-refractivity contribution < 1.29 is 9.53 Å². The molecule has 0 radical (unpaired) electrons. The number of hydrogen-bond acceptors (Lipinski definition) is 4. The third-order valence-corrected chi connectivity index (χ3v) is 3.04. The van der Waals surface area contributed by atoms with Crippen molar-refractivity contribution in [2.24, 2.45) is 0 Å². The number of ether oxygens (including phenoxy) is 1.